The first-order valence-corrected chi connectivity index (χ1v) is 8.85. The molecule has 1 aliphatic rings. The van der Waals surface area contributed by atoms with E-state index >= 15 is 0 Å². The van der Waals surface area contributed by atoms with Crippen LogP contribution in [0.25, 0.3) is 0 Å². The van der Waals surface area contributed by atoms with Crippen LogP contribution in [-0.2, 0) is 22.0 Å². The van der Waals surface area contributed by atoms with E-state index in [1.807, 2.05) is 0 Å². The maximum Gasteiger partial charge on any atom is 0.131 e. The highest BCUT2D eigenvalue weighted by Gasteiger charge is 2.36. The highest BCUT2D eigenvalue weighted by atomic mass is 16.4. The zero-order valence-electron chi connectivity index (χ0n) is 15.7. The predicted octanol–water partition coefficient (Wildman–Crippen LogP) is 2.52. The number of carboxylic acid groups (broad SMARTS) is 1. The van der Waals surface area contributed by atoms with E-state index in [0.717, 1.165) is 12.0 Å². The molecule has 0 spiro atoms. The fourth-order valence-corrected chi connectivity index (χ4v) is 3.46. The Morgan fingerprint density at radius 3 is 2.35 bits per heavy atom. The van der Waals surface area contributed by atoms with E-state index in [0.29, 0.717) is 11.4 Å². The van der Waals surface area contributed by atoms with Crippen molar-refractivity contribution in [3.05, 3.63) is 58.7 Å². The second-order valence-corrected chi connectivity index (χ2v) is 8.22. The van der Waals surface area contributed by atoms with Gasteiger partial charge < -0.3 is 9.90 Å². The molecule has 26 heavy (non-hydrogen) atoms. The Morgan fingerprint density at radius 2 is 1.73 bits per heavy atom. The number of carboxylic acids is 1. The van der Waals surface area contributed by atoms with Crippen molar-refractivity contribution >= 4 is 5.97 Å². The maximum absolute atomic E-state index is 10.6. The van der Waals surface area contributed by atoms with Crippen molar-refractivity contribution in [2.45, 2.75) is 57.8 Å². The molecule has 4 heteroatoms. The average Bonchev–Trinajstić information content (AvgIpc) is 2.58. The number of hydrogen-bond donors (Lipinski definition) is 0. The van der Waals surface area contributed by atoms with Crippen LogP contribution in [0.3, 0.4) is 0 Å². The van der Waals surface area contributed by atoms with Gasteiger partial charge in [-0.2, -0.15) is 0 Å². The van der Waals surface area contributed by atoms with Gasteiger partial charge in [-0.25, -0.2) is 4.98 Å². The third kappa shape index (κ3) is 3.77. The smallest absolute Gasteiger partial charge is 0.131 e. The number of aromatic nitrogens is 2. The van der Waals surface area contributed by atoms with Crippen molar-refractivity contribution in [3.8, 4) is 11.8 Å². The quantitative estimate of drug-likeness (QED) is 0.783. The van der Waals surface area contributed by atoms with Crippen LogP contribution in [0.2, 0.25) is 0 Å². The van der Waals surface area contributed by atoms with Crippen molar-refractivity contribution in [1.82, 2.24) is 9.97 Å². The number of carbonyl (C=O) groups is 1. The lowest BCUT2D eigenvalue weighted by molar-refractivity contribution is -0.304. The number of carbonyl (C=O) groups excluding carboxylic acids is 1. The molecular formula is C22H23N2O2-. The van der Waals surface area contributed by atoms with E-state index in [2.05, 4.69) is 67.7 Å². The summed E-state index contributed by atoms with van der Waals surface area (Å²) in [4.78, 5) is 18.8. The van der Waals surface area contributed by atoms with Crippen LogP contribution >= 0.6 is 0 Å². The standard InChI is InChI=1S/C22H24N2O2/c1-21(2)9-10-22(3,4)19-11-15(6-8-18(19)21)5-7-16-13-24-17(14-23-16)12-20(25)26/h6,8,11,13-14H,9-10,12H2,1-4H3,(H,25,26)/p-1. The number of fused-ring (bicyclic) bond motifs is 1. The zero-order valence-corrected chi connectivity index (χ0v) is 15.7. The summed E-state index contributed by atoms with van der Waals surface area (Å²) in [5.41, 5.74) is 4.96. The Balaban J connectivity index is 1.88. The van der Waals surface area contributed by atoms with Gasteiger partial charge in [0, 0.05) is 18.0 Å². The molecule has 0 amide bonds. The van der Waals surface area contributed by atoms with E-state index in [4.69, 9.17) is 0 Å². The Bertz CT molecular complexity index is 900. The fourth-order valence-electron chi connectivity index (χ4n) is 3.46. The second kappa shape index (κ2) is 6.57. The fraction of sp³-hybridized carbons (Fsp3) is 0.409. The van der Waals surface area contributed by atoms with Gasteiger partial charge in [0.25, 0.3) is 0 Å². The topological polar surface area (TPSA) is 65.9 Å². The van der Waals surface area contributed by atoms with Gasteiger partial charge in [0.2, 0.25) is 0 Å². The summed E-state index contributed by atoms with van der Waals surface area (Å²) >= 11 is 0. The number of nitrogens with zero attached hydrogens (tertiary/aromatic N) is 2. The molecule has 0 radical (unpaired) electrons. The summed E-state index contributed by atoms with van der Waals surface area (Å²) in [7, 11) is 0. The number of rotatable bonds is 2. The molecule has 134 valence electrons. The molecular weight excluding hydrogens is 324 g/mol. The predicted molar refractivity (Wildman–Crippen MR) is 98.5 cm³/mol. The van der Waals surface area contributed by atoms with Gasteiger partial charge >= 0.3 is 0 Å². The summed E-state index contributed by atoms with van der Waals surface area (Å²) < 4.78 is 0. The van der Waals surface area contributed by atoms with Gasteiger partial charge in [0.05, 0.1) is 18.1 Å². The van der Waals surface area contributed by atoms with E-state index in [1.165, 1.54) is 29.9 Å². The third-order valence-electron chi connectivity index (χ3n) is 5.22. The van der Waals surface area contributed by atoms with Crippen LogP contribution in [0.1, 0.15) is 68.6 Å². The molecule has 0 fully saturated rings. The largest absolute Gasteiger partial charge is 0.550 e. The number of aliphatic carboxylic acids is 1. The van der Waals surface area contributed by atoms with Crippen molar-refractivity contribution in [2.24, 2.45) is 0 Å². The molecule has 3 rings (SSSR count). The molecule has 4 nitrogen and oxygen atoms in total. The van der Waals surface area contributed by atoms with Gasteiger partial charge in [0.1, 0.15) is 5.69 Å². The van der Waals surface area contributed by atoms with Crippen molar-refractivity contribution in [1.29, 1.82) is 0 Å². The molecule has 0 aliphatic heterocycles. The molecule has 1 aliphatic carbocycles. The van der Waals surface area contributed by atoms with Gasteiger partial charge in [-0.15, -0.1) is 0 Å². The summed E-state index contributed by atoms with van der Waals surface area (Å²) in [5.74, 6) is 5.00. The summed E-state index contributed by atoms with van der Waals surface area (Å²) in [6, 6.07) is 6.46. The Labute approximate surface area is 154 Å². The monoisotopic (exact) mass is 347 g/mol. The van der Waals surface area contributed by atoms with Gasteiger partial charge in [-0.3, -0.25) is 4.98 Å². The van der Waals surface area contributed by atoms with Crippen molar-refractivity contribution < 1.29 is 9.90 Å². The van der Waals surface area contributed by atoms with Crippen LogP contribution in [0, 0.1) is 11.8 Å². The first-order valence-electron chi connectivity index (χ1n) is 8.85. The molecule has 0 saturated carbocycles. The molecule has 1 heterocycles. The molecule has 0 unspecified atom stereocenters. The van der Waals surface area contributed by atoms with Crippen LogP contribution < -0.4 is 5.11 Å². The highest BCUT2D eigenvalue weighted by molar-refractivity contribution is 5.67. The zero-order chi connectivity index (χ0) is 18.9. The lowest BCUT2D eigenvalue weighted by Gasteiger charge is -2.41. The molecule has 0 bridgehead atoms. The molecule has 0 saturated heterocycles. The summed E-state index contributed by atoms with van der Waals surface area (Å²) in [6.45, 7) is 9.19. The Morgan fingerprint density at radius 1 is 1.04 bits per heavy atom. The molecule has 1 aromatic heterocycles. The Hall–Kier alpha value is -2.67. The summed E-state index contributed by atoms with van der Waals surface area (Å²) in [6.07, 6.45) is 5.03. The van der Waals surface area contributed by atoms with Crippen LogP contribution in [0.15, 0.2) is 30.6 Å². The first kappa shape index (κ1) is 18.1. The Kier molecular flexibility index (Phi) is 4.58. The number of benzene rings is 1. The summed E-state index contributed by atoms with van der Waals surface area (Å²) in [5, 5.41) is 10.6. The van der Waals surface area contributed by atoms with E-state index in [1.54, 1.807) is 0 Å². The van der Waals surface area contributed by atoms with Gasteiger partial charge in [-0.05, 0) is 52.9 Å². The molecule has 2 aromatic rings. The second-order valence-electron chi connectivity index (χ2n) is 8.22. The average molecular weight is 347 g/mol. The minimum Gasteiger partial charge on any atom is -0.550 e. The minimum atomic E-state index is -1.17. The van der Waals surface area contributed by atoms with Crippen LogP contribution in [0.5, 0.6) is 0 Å². The molecule has 1 aromatic carbocycles. The lowest BCUT2D eigenvalue weighted by atomic mass is 9.63. The number of hydrogen-bond acceptors (Lipinski definition) is 4. The van der Waals surface area contributed by atoms with Crippen molar-refractivity contribution in [3.63, 3.8) is 0 Å². The normalized spacial score (nSPS) is 16.9. The first-order chi connectivity index (χ1) is 12.2. The van der Waals surface area contributed by atoms with Crippen LogP contribution in [0.4, 0.5) is 0 Å². The molecule has 0 N–H and O–H groups in total. The SMILES string of the molecule is CC1(C)CCC(C)(C)c2cc(C#Cc3cnc(CC(=O)[O-])cn3)ccc21. The van der Waals surface area contributed by atoms with Gasteiger partial charge in [0.15, 0.2) is 0 Å². The minimum absolute atomic E-state index is 0.148. The van der Waals surface area contributed by atoms with Crippen molar-refractivity contribution in [2.75, 3.05) is 0 Å². The van der Waals surface area contributed by atoms with E-state index in [9.17, 15) is 9.90 Å². The van der Waals surface area contributed by atoms with E-state index < -0.39 is 5.97 Å². The van der Waals surface area contributed by atoms with Crippen LogP contribution in [-0.4, -0.2) is 15.9 Å². The third-order valence-corrected chi connectivity index (χ3v) is 5.22. The molecule has 0 atom stereocenters. The highest BCUT2D eigenvalue weighted by Crippen LogP contribution is 2.45. The van der Waals surface area contributed by atoms with Gasteiger partial charge in [-0.1, -0.05) is 39.7 Å². The lowest BCUT2D eigenvalue weighted by Crippen LogP contribution is -2.33. The maximum atomic E-state index is 10.6. The van der Waals surface area contributed by atoms with E-state index in [-0.39, 0.29) is 17.3 Å².